The summed E-state index contributed by atoms with van der Waals surface area (Å²) in [5.41, 5.74) is 2.08. The van der Waals surface area contributed by atoms with Gasteiger partial charge in [0.05, 0.1) is 11.6 Å². The molecule has 0 aliphatic carbocycles. The molecule has 0 radical (unpaired) electrons. The molecule has 1 heterocycles. The van der Waals surface area contributed by atoms with Crippen LogP contribution in [0.3, 0.4) is 0 Å². The summed E-state index contributed by atoms with van der Waals surface area (Å²) in [5.74, 6) is 0.485. The minimum atomic E-state index is 0.485. The van der Waals surface area contributed by atoms with Crippen molar-refractivity contribution in [1.29, 1.82) is 0 Å². The summed E-state index contributed by atoms with van der Waals surface area (Å²) in [5, 5.41) is 0. The third kappa shape index (κ3) is 1.70. The first-order chi connectivity index (χ1) is 4.74. The van der Waals surface area contributed by atoms with Gasteiger partial charge in [0.15, 0.2) is 0 Å². The Hall–Kier alpha value is -0.0800. The van der Waals surface area contributed by atoms with Gasteiger partial charge in [-0.25, -0.2) is 0 Å². The van der Waals surface area contributed by atoms with Crippen molar-refractivity contribution in [2.24, 2.45) is 0 Å². The predicted octanol–water partition coefficient (Wildman–Crippen LogP) is 2.89. The molecular formula is C7H7BrClN. The van der Waals surface area contributed by atoms with Crippen LogP contribution in [0.1, 0.15) is 11.3 Å². The van der Waals surface area contributed by atoms with Crippen molar-refractivity contribution in [3.63, 3.8) is 0 Å². The summed E-state index contributed by atoms with van der Waals surface area (Å²) >= 11 is 8.93. The summed E-state index contributed by atoms with van der Waals surface area (Å²) in [6.45, 7) is 2.00. The van der Waals surface area contributed by atoms with Gasteiger partial charge in [0.2, 0.25) is 0 Å². The van der Waals surface area contributed by atoms with Crippen LogP contribution in [0.5, 0.6) is 0 Å². The van der Waals surface area contributed by atoms with Crippen molar-refractivity contribution >= 4 is 27.5 Å². The lowest BCUT2D eigenvalue weighted by atomic mass is 10.2. The van der Waals surface area contributed by atoms with Gasteiger partial charge in [-0.1, -0.05) is 0 Å². The summed E-state index contributed by atoms with van der Waals surface area (Å²) in [4.78, 5) is 4.12. The number of halogens is 2. The van der Waals surface area contributed by atoms with Crippen molar-refractivity contribution in [1.82, 2.24) is 4.98 Å². The minimum Gasteiger partial charge on any atom is -0.259 e. The van der Waals surface area contributed by atoms with Crippen molar-refractivity contribution in [3.05, 3.63) is 28.0 Å². The molecule has 1 rings (SSSR count). The highest BCUT2D eigenvalue weighted by Gasteiger charge is 1.96. The van der Waals surface area contributed by atoms with E-state index in [2.05, 4.69) is 20.9 Å². The smallest absolute Gasteiger partial charge is 0.0650 e. The highest BCUT2D eigenvalue weighted by Crippen LogP contribution is 2.13. The molecule has 0 N–H and O–H groups in total. The Kier molecular flexibility index (Phi) is 2.69. The highest BCUT2D eigenvalue weighted by molar-refractivity contribution is 9.10. The van der Waals surface area contributed by atoms with E-state index in [1.54, 1.807) is 6.20 Å². The number of aromatic nitrogens is 1. The van der Waals surface area contributed by atoms with Crippen molar-refractivity contribution in [2.75, 3.05) is 0 Å². The third-order valence-corrected chi connectivity index (χ3v) is 1.97. The van der Waals surface area contributed by atoms with E-state index in [4.69, 9.17) is 11.6 Å². The highest BCUT2D eigenvalue weighted by atomic mass is 79.9. The van der Waals surface area contributed by atoms with E-state index >= 15 is 0 Å². The number of nitrogens with zero attached hydrogens (tertiary/aromatic N) is 1. The van der Waals surface area contributed by atoms with Gasteiger partial charge in [0.1, 0.15) is 0 Å². The maximum atomic E-state index is 5.61. The van der Waals surface area contributed by atoms with E-state index in [0.717, 1.165) is 15.7 Å². The number of hydrogen-bond acceptors (Lipinski definition) is 1. The van der Waals surface area contributed by atoms with Crippen LogP contribution in [0.4, 0.5) is 0 Å². The van der Waals surface area contributed by atoms with E-state index < -0.39 is 0 Å². The second kappa shape index (κ2) is 3.35. The average Bonchev–Trinajstić information content (AvgIpc) is 1.88. The first kappa shape index (κ1) is 8.02. The molecule has 1 aromatic heterocycles. The zero-order chi connectivity index (χ0) is 7.56. The molecule has 1 aromatic rings. The summed E-state index contributed by atoms with van der Waals surface area (Å²) in [6.07, 6.45) is 1.75. The zero-order valence-corrected chi connectivity index (χ0v) is 7.91. The Balaban J connectivity index is 3.07. The molecule has 0 saturated carbocycles. The third-order valence-electron chi connectivity index (χ3n) is 1.28. The monoisotopic (exact) mass is 219 g/mol. The van der Waals surface area contributed by atoms with Gasteiger partial charge in [-0.2, -0.15) is 0 Å². The molecule has 0 atom stereocenters. The molecule has 0 bridgehead atoms. The fraction of sp³-hybridized carbons (Fsp3) is 0.286. The topological polar surface area (TPSA) is 12.9 Å². The standard InChI is InChI=1S/C7H7BrClN/c1-5-2-6(8)4-10-7(5)3-9/h2,4H,3H2,1H3. The van der Waals surface area contributed by atoms with Crippen molar-refractivity contribution < 1.29 is 0 Å². The van der Waals surface area contributed by atoms with Crippen LogP contribution < -0.4 is 0 Å². The zero-order valence-electron chi connectivity index (χ0n) is 5.56. The fourth-order valence-electron chi connectivity index (χ4n) is 0.709. The molecule has 0 aromatic carbocycles. The molecule has 0 saturated heterocycles. The number of aryl methyl sites for hydroxylation is 1. The van der Waals surface area contributed by atoms with Gasteiger partial charge in [0.25, 0.3) is 0 Å². The molecule has 0 spiro atoms. The average molecular weight is 220 g/mol. The van der Waals surface area contributed by atoms with Crippen LogP contribution in [-0.4, -0.2) is 4.98 Å². The van der Waals surface area contributed by atoms with E-state index in [0.29, 0.717) is 5.88 Å². The normalized spacial score (nSPS) is 9.90. The maximum Gasteiger partial charge on any atom is 0.0650 e. The maximum absolute atomic E-state index is 5.61. The van der Waals surface area contributed by atoms with Gasteiger partial charge in [0, 0.05) is 10.7 Å². The van der Waals surface area contributed by atoms with Crippen molar-refractivity contribution in [3.8, 4) is 0 Å². The molecule has 0 fully saturated rings. The summed E-state index contributed by atoms with van der Waals surface area (Å²) < 4.78 is 0.999. The number of rotatable bonds is 1. The lowest BCUT2D eigenvalue weighted by Crippen LogP contribution is -1.88. The SMILES string of the molecule is Cc1cc(Br)cnc1CCl. The van der Waals surface area contributed by atoms with E-state index in [-0.39, 0.29) is 0 Å². The van der Waals surface area contributed by atoms with Crippen LogP contribution in [0.2, 0.25) is 0 Å². The largest absolute Gasteiger partial charge is 0.259 e. The Bertz CT molecular complexity index is 237. The Morgan fingerprint density at radius 2 is 2.40 bits per heavy atom. The van der Waals surface area contributed by atoms with Gasteiger partial charge in [-0.3, -0.25) is 4.98 Å². The van der Waals surface area contributed by atoms with Crippen LogP contribution in [-0.2, 0) is 5.88 Å². The molecule has 0 amide bonds. The predicted molar refractivity (Wildman–Crippen MR) is 46.2 cm³/mol. The Morgan fingerprint density at radius 3 is 2.90 bits per heavy atom. The van der Waals surface area contributed by atoms with E-state index in [1.807, 2.05) is 13.0 Å². The first-order valence-corrected chi connectivity index (χ1v) is 4.24. The van der Waals surface area contributed by atoms with Crippen LogP contribution in [0.15, 0.2) is 16.7 Å². The van der Waals surface area contributed by atoms with Gasteiger partial charge < -0.3 is 0 Å². The molecule has 0 aliphatic heterocycles. The second-order valence-corrected chi connectivity index (χ2v) is 3.23. The Morgan fingerprint density at radius 1 is 1.70 bits per heavy atom. The van der Waals surface area contributed by atoms with Gasteiger partial charge in [-0.15, -0.1) is 11.6 Å². The lowest BCUT2D eigenvalue weighted by Gasteiger charge is -1.99. The summed E-state index contributed by atoms with van der Waals surface area (Å²) in [7, 11) is 0. The minimum absolute atomic E-state index is 0.485. The fourth-order valence-corrected chi connectivity index (χ4v) is 1.43. The number of alkyl halides is 1. The molecule has 10 heavy (non-hydrogen) atoms. The number of hydrogen-bond donors (Lipinski definition) is 0. The molecule has 0 unspecified atom stereocenters. The summed E-state index contributed by atoms with van der Waals surface area (Å²) in [6, 6.07) is 2.00. The Labute approximate surface area is 73.6 Å². The second-order valence-electron chi connectivity index (χ2n) is 2.05. The van der Waals surface area contributed by atoms with Crippen LogP contribution in [0.25, 0.3) is 0 Å². The van der Waals surface area contributed by atoms with Crippen LogP contribution in [0, 0.1) is 6.92 Å². The lowest BCUT2D eigenvalue weighted by molar-refractivity contribution is 1.11. The first-order valence-electron chi connectivity index (χ1n) is 2.91. The molecule has 0 aliphatic rings. The van der Waals surface area contributed by atoms with Gasteiger partial charge >= 0.3 is 0 Å². The van der Waals surface area contributed by atoms with Crippen LogP contribution >= 0.6 is 27.5 Å². The molecular weight excluding hydrogens is 213 g/mol. The molecule has 54 valence electrons. The van der Waals surface area contributed by atoms with Crippen molar-refractivity contribution in [2.45, 2.75) is 12.8 Å². The van der Waals surface area contributed by atoms with E-state index in [9.17, 15) is 0 Å². The number of pyridine rings is 1. The molecule has 3 heteroatoms. The quantitative estimate of drug-likeness (QED) is 0.663. The molecule has 1 nitrogen and oxygen atoms in total. The van der Waals surface area contributed by atoms with Gasteiger partial charge in [-0.05, 0) is 34.5 Å². The van der Waals surface area contributed by atoms with E-state index in [1.165, 1.54) is 0 Å².